The van der Waals surface area contributed by atoms with E-state index in [9.17, 15) is 0 Å². The highest BCUT2D eigenvalue weighted by atomic mass is 13.9. The molecule has 10 heavy (non-hydrogen) atoms. The van der Waals surface area contributed by atoms with Crippen LogP contribution >= 0.6 is 0 Å². The van der Waals surface area contributed by atoms with Gasteiger partial charge in [0.2, 0.25) is 0 Å². The monoisotopic (exact) mass is 138 g/mol. The van der Waals surface area contributed by atoms with Crippen molar-refractivity contribution in [3.63, 3.8) is 0 Å². The van der Waals surface area contributed by atoms with E-state index in [-0.39, 0.29) is 0 Å². The highest BCUT2D eigenvalue weighted by Crippen LogP contribution is 2.05. The lowest BCUT2D eigenvalue weighted by Gasteiger charge is -1.95. The number of allylic oxidation sites excluding steroid dienone is 4. The molecule has 0 aliphatic rings. The Labute approximate surface area is 64.6 Å². The third-order valence-corrected chi connectivity index (χ3v) is 1.67. The first kappa shape index (κ1) is 9.48. The van der Waals surface area contributed by atoms with Crippen molar-refractivity contribution in [1.82, 2.24) is 0 Å². The van der Waals surface area contributed by atoms with Gasteiger partial charge in [-0.05, 0) is 40.0 Å². The molecule has 0 radical (unpaired) electrons. The minimum Gasteiger partial charge on any atom is -0.0917 e. The molecule has 0 heterocycles. The highest BCUT2D eigenvalue weighted by molar-refractivity contribution is 4.95. The topological polar surface area (TPSA) is 0 Å². The van der Waals surface area contributed by atoms with Crippen LogP contribution in [-0.4, -0.2) is 0 Å². The predicted octanol–water partition coefficient (Wildman–Crippen LogP) is 3.70. The Bertz CT molecular complexity index is 118. The van der Waals surface area contributed by atoms with Gasteiger partial charge >= 0.3 is 0 Å². The van der Waals surface area contributed by atoms with E-state index in [2.05, 4.69) is 39.0 Å². The van der Waals surface area contributed by atoms with E-state index < -0.39 is 0 Å². The zero-order valence-electron chi connectivity index (χ0n) is 7.35. The van der Waals surface area contributed by atoms with E-state index in [0.717, 1.165) is 0 Å². The first-order chi connectivity index (χ1) is 4.81. The van der Waals surface area contributed by atoms with Gasteiger partial charge in [0.25, 0.3) is 0 Å². The Morgan fingerprint density at radius 2 is 2.00 bits per heavy atom. The van der Waals surface area contributed by atoms with Crippen molar-refractivity contribution in [3.05, 3.63) is 23.8 Å². The summed E-state index contributed by atoms with van der Waals surface area (Å²) in [6, 6.07) is 0. The highest BCUT2D eigenvalue weighted by Gasteiger charge is 1.85. The Morgan fingerprint density at radius 1 is 1.30 bits per heavy atom. The van der Waals surface area contributed by atoms with Crippen LogP contribution in [0.3, 0.4) is 0 Å². The molecular formula is C10H18. The van der Waals surface area contributed by atoms with E-state index in [1.807, 2.05) is 0 Å². The summed E-state index contributed by atoms with van der Waals surface area (Å²) >= 11 is 0. The lowest BCUT2D eigenvalue weighted by molar-refractivity contribution is 0.830. The second kappa shape index (κ2) is 6.60. The van der Waals surface area contributed by atoms with Gasteiger partial charge in [0.15, 0.2) is 0 Å². The Morgan fingerprint density at radius 3 is 2.50 bits per heavy atom. The summed E-state index contributed by atoms with van der Waals surface area (Å²) in [6.45, 7) is 6.36. The van der Waals surface area contributed by atoms with Crippen molar-refractivity contribution in [2.24, 2.45) is 0 Å². The van der Waals surface area contributed by atoms with Crippen LogP contribution in [0.2, 0.25) is 0 Å². The molecule has 0 nitrogen and oxygen atoms in total. The van der Waals surface area contributed by atoms with Crippen LogP contribution in [0.25, 0.3) is 0 Å². The molecule has 0 atom stereocenters. The fourth-order valence-electron chi connectivity index (χ4n) is 0.810. The van der Waals surface area contributed by atoms with Gasteiger partial charge in [-0.2, -0.15) is 0 Å². The quantitative estimate of drug-likeness (QED) is 0.410. The summed E-state index contributed by atoms with van der Waals surface area (Å²) in [5.41, 5.74) is 1.50. The molecule has 0 fully saturated rings. The molecule has 0 amide bonds. The lowest BCUT2D eigenvalue weighted by atomic mass is 10.1. The fraction of sp³-hybridized carbons (Fsp3) is 0.600. The molecule has 0 spiro atoms. The zero-order chi connectivity index (χ0) is 7.82. The summed E-state index contributed by atoms with van der Waals surface area (Å²) < 4.78 is 0. The zero-order valence-corrected chi connectivity index (χ0v) is 7.35. The molecule has 0 aromatic heterocycles. The third-order valence-electron chi connectivity index (χ3n) is 1.67. The van der Waals surface area contributed by atoms with Gasteiger partial charge in [0.05, 0.1) is 0 Å². The van der Waals surface area contributed by atoms with Gasteiger partial charge < -0.3 is 0 Å². The standard InChI is InChI=1S/C10H18/c1-4-6-7-8-9-10(3)5-2/h4-6H,7-9H2,1-3H3/b6-4-,10-5+. The Kier molecular flexibility index (Phi) is 6.25. The van der Waals surface area contributed by atoms with E-state index in [1.54, 1.807) is 0 Å². The van der Waals surface area contributed by atoms with Gasteiger partial charge in [0.1, 0.15) is 0 Å². The third kappa shape index (κ3) is 5.61. The molecule has 58 valence electrons. The van der Waals surface area contributed by atoms with Crippen LogP contribution in [-0.2, 0) is 0 Å². The van der Waals surface area contributed by atoms with Gasteiger partial charge in [0, 0.05) is 0 Å². The first-order valence-corrected chi connectivity index (χ1v) is 4.04. The van der Waals surface area contributed by atoms with E-state index in [4.69, 9.17) is 0 Å². The lowest BCUT2D eigenvalue weighted by Crippen LogP contribution is -1.75. The molecule has 0 aliphatic carbocycles. The molecule has 0 saturated heterocycles. The Balaban J connectivity index is 3.20. The second-order valence-corrected chi connectivity index (χ2v) is 2.60. The summed E-state index contributed by atoms with van der Waals surface area (Å²) in [5.74, 6) is 0. The summed E-state index contributed by atoms with van der Waals surface area (Å²) in [6.07, 6.45) is 10.3. The SMILES string of the molecule is C/C=C\CCC/C(C)=C/C. The minimum atomic E-state index is 1.22. The van der Waals surface area contributed by atoms with Crippen LogP contribution in [0.1, 0.15) is 40.0 Å². The molecule has 0 rings (SSSR count). The second-order valence-electron chi connectivity index (χ2n) is 2.60. The first-order valence-electron chi connectivity index (χ1n) is 4.04. The molecule has 0 unspecified atom stereocenters. The van der Waals surface area contributed by atoms with E-state index in [0.29, 0.717) is 0 Å². The van der Waals surface area contributed by atoms with Crippen molar-refractivity contribution in [2.75, 3.05) is 0 Å². The molecule has 0 aromatic rings. The van der Waals surface area contributed by atoms with Crippen LogP contribution in [0.15, 0.2) is 23.8 Å². The Hall–Kier alpha value is -0.520. The number of unbranched alkanes of at least 4 members (excludes halogenated alkanes) is 1. The van der Waals surface area contributed by atoms with Gasteiger partial charge in [-0.15, -0.1) is 0 Å². The van der Waals surface area contributed by atoms with Gasteiger partial charge in [-0.1, -0.05) is 23.8 Å². The number of hydrogen-bond donors (Lipinski definition) is 0. The van der Waals surface area contributed by atoms with Gasteiger partial charge in [-0.25, -0.2) is 0 Å². The predicted molar refractivity (Wildman–Crippen MR) is 48.1 cm³/mol. The maximum atomic E-state index is 2.23. The van der Waals surface area contributed by atoms with Crippen LogP contribution in [0, 0.1) is 0 Å². The smallest absolute Gasteiger partial charge is 0.0320 e. The fourth-order valence-corrected chi connectivity index (χ4v) is 0.810. The van der Waals surface area contributed by atoms with Crippen molar-refractivity contribution in [3.8, 4) is 0 Å². The van der Waals surface area contributed by atoms with E-state index in [1.165, 1.54) is 24.8 Å². The van der Waals surface area contributed by atoms with Crippen molar-refractivity contribution >= 4 is 0 Å². The molecule has 0 heteroatoms. The van der Waals surface area contributed by atoms with Crippen LogP contribution in [0.4, 0.5) is 0 Å². The number of hydrogen-bond acceptors (Lipinski definition) is 0. The molecule has 0 aliphatic heterocycles. The molecular weight excluding hydrogens is 120 g/mol. The minimum absolute atomic E-state index is 1.22. The maximum absolute atomic E-state index is 2.23. The van der Waals surface area contributed by atoms with Crippen molar-refractivity contribution < 1.29 is 0 Å². The largest absolute Gasteiger partial charge is 0.0917 e. The van der Waals surface area contributed by atoms with Crippen molar-refractivity contribution in [1.29, 1.82) is 0 Å². The van der Waals surface area contributed by atoms with Crippen LogP contribution < -0.4 is 0 Å². The number of rotatable bonds is 4. The summed E-state index contributed by atoms with van der Waals surface area (Å²) in [4.78, 5) is 0. The normalized spacial score (nSPS) is 12.9. The average molecular weight is 138 g/mol. The molecule has 0 bridgehead atoms. The summed E-state index contributed by atoms with van der Waals surface area (Å²) in [5, 5.41) is 0. The maximum Gasteiger partial charge on any atom is -0.0320 e. The van der Waals surface area contributed by atoms with Crippen molar-refractivity contribution in [2.45, 2.75) is 40.0 Å². The summed E-state index contributed by atoms with van der Waals surface area (Å²) in [7, 11) is 0. The van der Waals surface area contributed by atoms with E-state index >= 15 is 0 Å². The molecule has 0 aromatic carbocycles. The molecule has 0 N–H and O–H groups in total. The van der Waals surface area contributed by atoms with Gasteiger partial charge in [-0.3, -0.25) is 0 Å². The average Bonchev–Trinajstić information content (AvgIpc) is 1.98. The van der Waals surface area contributed by atoms with Crippen LogP contribution in [0.5, 0.6) is 0 Å². The molecule has 0 saturated carbocycles.